The summed E-state index contributed by atoms with van der Waals surface area (Å²) in [5.74, 6) is 0.228. The van der Waals surface area contributed by atoms with Crippen LogP contribution in [0, 0.1) is 11.3 Å². The lowest BCUT2D eigenvalue weighted by Gasteiger charge is -2.13. The Labute approximate surface area is 140 Å². The average Bonchev–Trinajstić information content (AvgIpc) is 3.03. The summed E-state index contributed by atoms with van der Waals surface area (Å²) >= 11 is 0. The number of rotatable bonds is 4. The molecule has 0 saturated carbocycles. The van der Waals surface area contributed by atoms with E-state index in [4.69, 9.17) is 10.00 Å². The summed E-state index contributed by atoms with van der Waals surface area (Å²) in [5, 5.41) is 13.0. The van der Waals surface area contributed by atoms with Crippen molar-refractivity contribution in [1.29, 1.82) is 5.26 Å². The summed E-state index contributed by atoms with van der Waals surface area (Å²) in [6, 6.07) is 16.7. The number of carbonyl (C=O) groups is 1. The predicted octanol–water partition coefficient (Wildman–Crippen LogP) is 2.79. The Morgan fingerprint density at radius 2 is 1.96 bits per heavy atom. The molecular weight excluding hydrogens is 302 g/mol. The second-order valence-corrected chi connectivity index (χ2v) is 5.59. The maximum Gasteiger partial charge on any atom is 0.280 e. The van der Waals surface area contributed by atoms with Crippen molar-refractivity contribution >= 4 is 11.6 Å². The van der Waals surface area contributed by atoms with E-state index in [1.807, 2.05) is 24.3 Å². The molecule has 0 aromatic heterocycles. The van der Waals surface area contributed by atoms with Gasteiger partial charge in [-0.3, -0.25) is 4.79 Å². The van der Waals surface area contributed by atoms with Gasteiger partial charge in [-0.25, -0.2) is 5.43 Å². The molecule has 1 N–H and O–H groups in total. The van der Waals surface area contributed by atoms with Crippen molar-refractivity contribution in [2.75, 3.05) is 0 Å². The van der Waals surface area contributed by atoms with E-state index in [1.54, 1.807) is 31.2 Å². The smallest absolute Gasteiger partial charge is 0.280 e. The van der Waals surface area contributed by atoms with Gasteiger partial charge in [0, 0.05) is 5.56 Å². The van der Waals surface area contributed by atoms with Crippen LogP contribution in [0.15, 0.2) is 53.6 Å². The van der Waals surface area contributed by atoms with Gasteiger partial charge in [0.2, 0.25) is 0 Å². The Morgan fingerprint density at radius 3 is 2.71 bits per heavy atom. The minimum absolute atomic E-state index is 0.309. The molecule has 3 rings (SSSR count). The highest BCUT2D eigenvalue weighted by Crippen LogP contribution is 2.21. The molecule has 0 radical (unpaired) electrons. The molecule has 1 aliphatic carbocycles. The van der Waals surface area contributed by atoms with Gasteiger partial charge in [-0.1, -0.05) is 24.3 Å². The van der Waals surface area contributed by atoms with E-state index in [-0.39, 0.29) is 5.91 Å². The molecular formula is C19H17N3O2. The van der Waals surface area contributed by atoms with Crippen molar-refractivity contribution in [1.82, 2.24) is 5.43 Å². The molecule has 0 heterocycles. The summed E-state index contributed by atoms with van der Waals surface area (Å²) in [6.45, 7) is 1.66. The Balaban J connectivity index is 1.60. The SMILES string of the molecule is C[C@@H](Oc1ccc(C#N)cc1)C(=O)N/N=C1/CCc2ccccc21. The van der Waals surface area contributed by atoms with Crippen LogP contribution in [0.5, 0.6) is 5.75 Å². The Kier molecular flexibility index (Phi) is 4.57. The molecule has 1 atom stereocenters. The normalized spacial score (nSPS) is 15.4. The first-order valence-corrected chi connectivity index (χ1v) is 7.79. The zero-order valence-electron chi connectivity index (χ0n) is 13.3. The highest BCUT2D eigenvalue weighted by atomic mass is 16.5. The van der Waals surface area contributed by atoms with Crippen molar-refractivity contribution in [3.63, 3.8) is 0 Å². The Bertz CT molecular complexity index is 819. The maximum atomic E-state index is 12.1. The fraction of sp³-hybridized carbons (Fsp3) is 0.211. The highest BCUT2D eigenvalue weighted by molar-refractivity contribution is 6.04. The van der Waals surface area contributed by atoms with Crippen molar-refractivity contribution in [2.24, 2.45) is 5.10 Å². The molecule has 5 nitrogen and oxygen atoms in total. The van der Waals surface area contributed by atoms with Gasteiger partial charge in [0.15, 0.2) is 6.10 Å². The number of hydrogen-bond donors (Lipinski definition) is 1. The number of benzene rings is 2. The van der Waals surface area contributed by atoms with E-state index in [9.17, 15) is 4.79 Å². The molecule has 5 heteroatoms. The summed E-state index contributed by atoms with van der Waals surface area (Å²) in [7, 11) is 0. The molecule has 0 fully saturated rings. The van der Waals surface area contributed by atoms with Gasteiger partial charge in [-0.05, 0) is 49.6 Å². The van der Waals surface area contributed by atoms with Crippen LogP contribution < -0.4 is 10.2 Å². The highest BCUT2D eigenvalue weighted by Gasteiger charge is 2.19. The van der Waals surface area contributed by atoms with Crippen LogP contribution in [0.25, 0.3) is 0 Å². The predicted molar refractivity (Wildman–Crippen MR) is 90.7 cm³/mol. The Morgan fingerprint density at radius 1 is 1.21 bits per heavy atom. The average molecular weight is 319 g/mol. The number of nitrogens with zero attached hydrogens (tertiary/aromatic N) is 2. The van der Waals surface area contributed by atoms with E-state index < -0.39 is 6.10 Å². The van der Waals surface area contributed by atoms with Gasteiger partial charge in [0.05, 0.1) is 17.3 Å². The second kappa shape index (κ2) is 6.97. The topological polar surface area (TPSA) is 74.5 Å². The zero-order chi connectivity index (χ0) is 16.9. The molecule has 0 spiro atoms. The first-order valence-electron chi connectivity index (χ1n) is 7.79. The number of hydrogen-bond acceptors (Lipinski definition) is 4. The van der Waals surface area contributed by atoms with Gasteiger partial charge in [0.25, 0.3) is 5.91 Å². The Hall–Kier alpha value is -3.13. The number of nitrogens with one attached hydrogen (secondary N) is 1. The number of aryl methyl sites for hydroxylation is 1. The van der Waals surface area contributed by atoms with Crippen LogP contribution in [0.2, 0.25) is 0 Å². The molecule has 2 aromatic carbocycles. The third-order valence-electron chi connectivity index (χ3n) is 3.93. The number of ether oxygens (including phenoxy) is 1. The molecule has 0 unspecified atom stereocenters. The molecule has 0 bridgehead atoms. The molecule has 24 heavy (non-hydrogen) atoms. The minimum atomic E-state index is -0.682. The van der Waals surface area contributed by atoms with Crippen LogP contribution in [0.4, 0.5) is 0 Å². The number of nitriles is 1. The molecule has 0 aliphatic heterocycles. The van der Waals surface area contributed by atoms with Crippen molar-refractivity contribution < 1.29 is 9.53 Å². The number of carbonyl (C=O) groups excluding carboxylic acids is 1. The maximum absolute atomic E-state index is 12.1. The monoisotopic (exact) mass is 319 g/mol. The zero-order valence-corrected chi connectivity index (χ0v) is 13.3. The summed E-state index contributed by atoms with van der Waals surface area (Å²) in [6.07, 6.45) is 1.09. The van der Waals surface area contributed by atoms with Crippen LogP contribution >= 0.6 is 0 Å². The van der Waals surface area contributed by atoms with Gasteiger partial charge in [-0.15, -0.1) is 0 Å². The largest absolute Gasteiger partial charge is 0.481 e. The van der Waals surface area contributed by atoms with E-state index >= 15 is 0 Å². The minimum Gasteiger partial charge on any atom is -0.481 e. The van der Waals surface area contributed by atoms with Gasteiger partial charge in [0.1, 0.15) is 5.75 Å². The quantitative estimate of drug-likeness (QED) is 0.881. The van der Waals surface area contributed by atoms with E-state index in [0.717, 1.165) is 24.1 Å². The van der Waals surface area contributed by atoms with Gasteiger partial charge < -0.3 is 4.74 Å². The second-order valence-electron chi connectivity index (χ2n) is 5.59. The standard InChI is InChI=1S/C19H17N3O2/c1-13(24-16-9-6-14(12-20)7-10-16)19(23)22-21-18-11-8-15-4-2-3-5-17(15)18/h2-7,9-10,13H,8,11H2,1H3,(H,22,23)/b21-18-/t13-/m1/s1. The van der Waals surface area contributed by atoms with E-state index in [2.05, 4.69) is 16.6 Å². The third kappa shape index (κ3) is 3.44. The van der Waals surface area contributed by atoms with Crippen molar-refractivity contribution in [3.05, 3.63) is 65.2 Å². The number of hydrazone groups is 1. The summed E-state index contributed by atoms with van der Waals surface area (Å²) < 4.78 is 5.57. The van der Waals surface area contributed by atoms with E-state index in [1.165, 1.54) is 5.56 Å². The third-order valence-corrected chi connectivity index (χ3v) is 3.93. The first-order chi connectivity index (χ1) is 11.7. The summed E-state index contributed by atoms with van der Waals surface area (Å²) in [4.78, 5) is 12.1. The lowest BCUT2D eigenvalue weighted by atomic mass is 10.1. The van der Waals surface area contributed by atoms with Crippen LogP contribution in [0.3, 0.4) is 0 Å². The fourth-order valence-electron chi connectivity index (χ4n) is 2.60. The lowest BCUT2D eigenvalue weighted by Crippen LogP contribution is -2.34. The van der Waals surface area contributed by atoms with E-state index in [0.29, 0.717) is 11.3 Å². The van der Waals surface area contributed by atoms with Crippen LogP contribution in [-0.4, -0.2) is 17.7 Å². The molecule has 1 amide bonds. The fourth-order valence-corrected chi connectivity index (χ4v) is 2.60. The van der Waals surface area contributed by atoms with Crippen LogP contribution in [0.1, 0.15) is 30.0 Å². The van der Waals surface area contributed by atoms with Crippen molar-refractivity contribution in [3.8, 4) is 11.8 Å². The van der Waals surface area contributed by atoms with Gasteiger partial charge >= 0.3 is 0 Å². The lowest BCUT2D eigenvalue weighted by molar-refractivity contribution is -0.127. The van der Waals surface area contributed by atoms with Crippen LogP contribution in [-0.2, 0) is 11.2 Å². The first kappa shape index (κ1) is 15.8. The number of amides is 1. The molecule has 120 valence electrons. The number of fused-ring (bicyclic) bond motifs is 1. The molecule has 1 aliphatic rings. The summed E-state index contributed by atoms with van der Waals surface area (Å²) in [5.41, 5.74) is 6.37. The molecule has 2 aromatic rings. The molecule has 0 saturated heterocycles. The van der Waals surface area contributed by atoms with Gasteiger partial charge in [-0.2, -0.15) is 10.4 Å². The van der Waals surface area contributed by atoms with Crippen molar-refractivity contribution in [2.45, 2.75) is 25.9 Å².